The number of aliphatic hydroxyl groups excluding tert-OH is 1. The van der Waals surface area contributed by atoms with Crippen molar-refractivity contribution in [3.05, 3.63) is 35.9 Å². The minimum atomic E-state index is -2.71. The number of rotatable bonds is 7. The molecule has 1 amide bonds. The third kappa shape index (κ3) is 5.19. The summed E-state index contributed by atoms with van der Waals surface area (Å²) in [6.07, 6.45) is -4.65. The summed E-state index contributed by atoms with van der Waals surface area (Å²) in [5.74, 6) is -1.29. The van der Waals surface area contributed by atoms with Crippen LogP contribution in [-0.2, 0) is 4.79 Å². The molecule has 0 aliphatic carbocycles. The average molecular weight is 358 g/mol. The van der Waals surface area contributed by atoms with Crippen molar-refractivity contribution in [3.63, 3.8) is 0 Å². The fourth-order valence-corrected chi connectivity index (χ4v) is 3.27. The van der Waals surface area contributed by atoms with E-state index in [2.05, 4.69) is 10.6 Å². The maximum atomic E-state index is 14.8. The van der Waals surface area contributed by atoms with Gasteiger partial charge < -0.3 is 15.7 Å². The van der Waals surface area contributed by atoms with E-state index in [0.717, 1.165) is 0 Å². The molecule has 1 unspecified atom stereocenters. The maximum Gasteiger partial charge on any atom is 0.254 e. The lowest BCUT2D eigenvalue weighted by molar-refractivity contribution is -0.122. The molecule has 0 saturated carbocycles. The summed E-state index contributed by atoms with van der Waals surface area (Å²) in [6, 6.07) is 6.73. The zero-order valence-corrected chi connectivity index (χ0v) is 14.2. The molecule has 1 heterocycles. The number of hydrogen-bond acceptors (Lipinski definition) is 3. The molecule has 140 valence electrons. The Hall–Kier alpha value is -1.60. The molecule has 0 spiro atoms. The Labute approximate surface area is 145 Å². The lowest BCUT2D eigenvalue weighted by Gasteiger charge is -2.40. The van der Waals surface area contributed by atoms with Gasteiger partial charge in [-0.3, -0.25) is 4.79 Å². The number of nitrogens with one attached hydrogen (secondary N) is 2. The van der Waals surface area contributed by atoms with Crippen LogP contribution in [0, 0.1) is 5.92 Å². The summed E-state index contributed by atoms with van der Waals surface area (Å²) in [5.41, 5.74) is 0.672. The Balaban J connectivity index is 2.02. The van der Waals surface area contributed by atoms with Crippen LogP contribution in [0.15, 0.2) is 30.3 Å². The minimum Gasteiger partial charge on any atom is -0.388 e. The van der Waals surface area contributed by atoms with Gasteiger partial charge in [0.2, 0.25) is 5.91 Å². The topological polar surface area (TPSA) is 61.4 Å². The summed E-state index contributed by atoms with van der Waals surface area (Å²) < 4.78 is 41.3. The highest BCUT2D eigenvalue weighted by Crippen LogP contribution is 2.31. The van der Waals surface area contributed by atoms with Crippen LogP contribution in [0.4, 0.5) is 13.2 Å². The van der Waals surface area contributed by atoms with E-state index in [1.807, 2.05) is 6.07 Å². The van der Waals surface area contributed by atoms with E-state index in [0.29, 0.717) is 5.56 Å². The molecule has 0 radical (unpaired) electrons. The summed E-state index contributed by atoms with van der Waals surface area (Å²) >= 11 is 0. The van der Waals surface area contributed by atoms with Crippen LogP contribution in [0.1, 0.15) is 37.9 Å². The Morgan fingerprint density at radius 3 is 2.64 bits per heavy atom. The predicted octanol–water partition coefficient (Wildman–Crippen LogP) is 2.59. The molecule has 1 aliphatic heterocycles. The maximum absolute atomic E-state index is 14.8. The van der Waals surface area contributed by atoms with Crippen LogP contribution < -0.4 is 10.6 Å². The number of halogens is 3. The minimum absolute atomic E-state index is 0.0281. The van der Waals surface area contributed by atoms with Crippen LogP contribution in [-0.4, -0.2) is 42.2 Å². The van der Waals surface area contributed by atoms with Gasteiger partial charge in [0, 0.05) is 18.9 Å². The number of piperidine rings is 1. The first-order valence-corrected chi connectivity index (χ1v) is 8.62. The van der Waals surface area contributed by atoms with Crippen molar-refractivity contribution in [2.45, 2.75) is 57.0 Å². The molecule has 0 aromatic heterocycles. The van der Waals surface area contributed by atoms with Crippen molar-refractivity contribution >= 4 is 5.91 Å². The second-order valence-electron chi connectivity index (χ2n) is 6.41. The fourth-order valence-electron chi connectivity index (χ4n) is 3.27. The lowest BCUT2D eigenvalue weighted by Crippen LogP contribution is -2.62. The molecule has 1 aliphatic rings. The molecule has 5 atom stereocenters. The molecule has 7 heteroatoms. The first-order valence-electron chi connectivity index (χ1n) is 8.62. The number of benzene rings is 1. The van der Waals surface area contributed by atoms with Crippen LogP contribution in [0.5, 0.6) is 0 Å². The summed E-state index contributed by atoms with van der Waals surface area (Å²) in [7, 11) is 0. The van der Waals surface area contributed by atoms with Crippen molar-refractivity contribution in [1.29, 1.82) is 0 Å². The largest absolute Gasteiger partial charge is 0.388 e. The van der Waals surface area contributed by atoms with Crippen LogP contribution in [0.3, 0.4) is 0 Å². The van der Waals surface area contributed by atoms with Crippen molar-refractivity contribution in [1.82, 2.24) is 10.6 Å². The summed E-state index contributed by atoms with van der Waals surface area (Å²) in [4.78, 5) is 11.5. The zero-order valence-electron chi connectivity index (χ0n) is 14.2. The zero-order chi connectivity index (χ0) is 18.4. The van der Waals surface area contributed by atoms with Crippen molar-refractivity contribution in [2.75, 3.05) is 6.54 Å². The van der Waals surface area contributed by atoms with Crippen molar-refractivity contribution in [2.24, 2.45) is 5.92 Å². The highest BCUT2D eigenvalue weighted by molar-refractivity contribution is 5.75. The monoisotopic (exact) mass is 358 g/mol. The summed E-state index contributed by atoms with van der Waals surface area (Å²) in [5, 5.41) is 15.4. The molecule has 0 bridgehead atoms. The molecule has 1 fully saturated rings. The van der Waals surface area contributed by atoms with E-state index in [1.165, 1.54) is 0 Å². The second-order valence-corrected chi connectivity index (χ2v) is 6.41. The SMILES string of the molecule is CCC(=O)N[C@H]1CN[C@H](C(F)F)[C@@H](CCC(O)c2ccccc2)[C@H]1F. The highest BCUT2D eigenvalue weighted by atomic mass is 19.3. The van der Waals surface area contributed by atoms with E-state index in [4.69, 9.17) is 0 Å². The van der Waals surface area contributed by atoms with Gasteiger partial charge in [0.25, 0.3) is 6.43 Å². The van der Waals surface area contributed by atoms with E-state index in [1.54, 1.807) is 31.2 Å². The normalized spacial score (nSPS) is 27.9. The lowest BCUT2D eigenvalue weighted by atomic mass is 9.82. The van der Waals surface area contributed by atoms with Gasteiger partial charge in [-0.25, -0.2) is 13.2 Å². The van der Waals surface area contributed by atoms with Gasteiger partial charge in [-0.2, -0.15) is 0 Å². The standard InChI is InChI=1S/C18H25F3N2O2/c1-2-15(25)23-13-10-22-17(18(20)21)12(16(13)19)8-9-14(24)11-6-4-3-5-7-11/h3-7,12-14,16-18,22,24H,2,8-10H2,1H3,(H,23,25)/t12-,13-,14?,16+,17-/m0/s1. The molecule has 1 saturated heterocycles. The van der Waals surface area contributed by atoms with Crippen LogP contribution in [0.25, 0.3) is 0 Å². The summed E-state index contributed by atoms with van der Waals surface area (Å²) in [6.45, 7) is 1.62. The first-order chi connectivity index (χ1) is 11.9. The molecule has 25 heavy (non-hydrogen) atoms. The molecule has 2 rings (SSSR count). The number of amides is 1. The Morgan fingerprint density at radius 2 is 2.04 bits per heavy atom. The van der Waals surface area contributed by atoms with Gasteiger partial charge in [0.1, 0.15) is 6.17 Å². The van der Waals surface area contributed by atoms with Gasteiger partial charge >= 0.3 is 0 Å². The molecular formula is C18H25F3N2O2. The highest BCUT2D eigenvalue weighted by Gasteiger charge is 2.43. The van der Waals surface area contributed by atoms with Gasteiger partial charge in [-0.1, -0.05) is 37.3 Å². The Morgan fingerprint density at radius 1 is 1.36 bits per heavy atom. The second kappa shape index (κ2) is 9.20. The quantitative estimate of drug-likeness (QED) is 0.702. The molecule has 1 aromatic rings. The number of hydrogen-bond donors (Lipinski definition) is 3. The van der Waals surface area contributed by atoms with Crippen LogP contribution in [0.2, 0.25) is 0 Å². The number of alkyl halides is 3. The first kappa shape index (κ1) is 19.7. The number of aliphatic hydroxyl groups is 1. The van der Waals surface area contributed by atoms with Gasteiger partial charge in [0.15, 0.2) is 0 Å². The molecule has 1 aromatic carbocycles. The van der Waals surface area contributed by atoms with Crippen LogP contribution >= 0.6 is 0 Å². The van der Waals surface area contributed by atoms with E-state index in [-0.39, 0.29) is 31.7 Å². The number of carbonyl (C=O) groups is 1. The molecule has 3 N–H and O–H groups in total. The van der Waals surface area contributed by atoms with E-state index in [9.17, 15) is 23.1 Å². The molecule has 4 nitrogen and oxygen atoms in total. The number of carbonyl (C=O) groups excluding carboxylic acids is 1. The third-order valence-corrected chi connectivity index (χ3v) is 4.72. The van der Waals surface area contributed by atoms with E-state index >= 15 is 0 Å². The van der Waals surface area contributed by atoms with Crippen molar-refractivity contribution in [3.8, 4) is 0 Å². The van der Waals surface area contributed by atoms with Gasteiger partial charge in [0.05, 0.1) is 18.2 Å². The Bertz CT molecular complexity index is 544. The average Bonchev–Trinajstić information content (AvgIpc) is 2.62. The predicted molar refractivity (Wildman–Crippen MR) is 89.0 cm³/mol. The van der Waals surface area contributed by atoms with Gasteiger partial charge in [-0.15, -0.1) is 0 Å². The van der Waals surface area contributed by atoms with Gasteiger partial charge in [-0.05, 0) is 18.4 Å². The van der Waals surface area contributed by atoms with E-state index < -0.39 is 36.7 Å². The smallest absolute Gasteiger partial charge is 0.254 e. The molecular weight excluding hydrogens is 333 g/mol. The fraction of sp³-hybridized carbons (Fsp3) is 0.611. The third-order valence-electron chi connectivity index (χ3n) is 4.72. The van der Waals surface area contributed by atoms with Crippen molar-refractivity contribution < 1.29 is 23.1 Å². The Kier molecular flexibility index (Phi) is 7.25.